The molecule has 0 fully saturated rings. The van der Waals surface area contributed by atoms with E-state index in [0.29, 0.717) is 0 Å². The van der Waals surface area contributed by atoms with Gasteiger partial charge in [-0.05, 0) is 47.5 Å². The summed E-state index contributed by atoms with van der Waals surface area (Å²) in [4.78, 5) is 0. The maximum absolute atomic E-state index is 5.51. The smallest absolute Gasteiger partial charge is 0.124 e. The summed E-state index contributed by atoms with van der Waals surface area (Å²) in [6, 6.07) is 8.68. The van der Waals surface area contributed by atoms with Crippen molar-refractivity contribution < 1.29 is 4.74 Å². The standard InChI is InChI=1S/C15H18BrNOS/c1-3-17-14(8-11-6-7-19-10-11)13-5-4-12(16)9-15(13)18-2/h4-7,9-10,14,17H,3,8H2,1-2H3. The molecule has 0 radical (unpaired) electrons. The number of halogens is 1. The average molecular weight is 340 g/mol. The van der Waals surface area contributed by atoms with Crippen LogP contribution in [0, 0.1) is 0 Å². The quantitative estimate of drug-likeness (QED) is 0.841. The third kappa shape index (κ3) is 3.81. The maximum Gasteiger partial charge on any atom is 0.124 e. The number of nitrogens with one attached hydrogen (secondary N) is 1. The molecule has 1 aromatic heterocycles. The monoisotopic (exact) mass is 339 g/mol. The second-order valence-electron chi connectivity index (χ2n) is 4.33. The van der Waals surface area contributed by atoms with Crippen LogP contribution in [0.25, 0.3) is 0 Å². The highest BCUT2D eigenvalue weighted by atomic mass is 79.9. The van der Waals surface area contributed by atoms with E-state index in [0.717, 1.165) is 23.2 Å². The first-order valence-corrected chi connectivity index (χ1v) is 8.06. The zero-order chi connectivity index (χ0) is 13.7. The molecule has 2 rings (SSSR count). The number of ether oxygens (including phenoxy) is 1. The van der Waals surface area contributed by atoms with Gasteiger partial charge < -0.3 is 10.1 Å². The minimum Gasteiger partial charge on any atom is -0.496 e. The Morgan fingerprint density at radius 3 is 2.84 bits per heavy atom. The summed E-state index contributed by atoms with van der Waals surface area (Å²) in [5.41, 5.74) is 2.57. The number of rotatable bonds is 6. The van der Waals surface area contributed by atoms with Gasteiger partial charge in [-0.15, -0.1) is 0 Å². The molecule has 0 aliphatic rings. The van der Waals surface area contributed by atoms with Gasteiger partial charge in [0.1, 0.15) is 5.75 Å². The molecule has 4 heteroatoms. The normalized spacial score (nSPS) is 12.4. The lowest BCUT2D eigenvalue weighted by Crippen LogP contribution is -2.23. The Balaban J connectivity index is 2.27. The van der Waals surface area contributed by atoms with Crippen molar-refractivity contribution in [3.8, 4) is 5.75 Å². The minimum absolute atomic E-state index is 0.280. The van der Waals surface area contributed by atoms with Crippen LogP contribution in [-0.2, 0) is 6.42 Å². The van der Waals surface area contributed by atoms with Gasteiger partial charge in [-0.25, -0.2) is 0 Å². The van der Waals surface area contributed by atoms with E-state index < -0.39 is 0 Å². The van der Waals surface area contributed by atoms with Gasteiger partial charge in [0.05, 0.1) is 7.11 Å². The first-order chi connectivity index (χ1) is 9.24. The van der Waals surface area contributed by atoms with Crippen LogP contribution < -0.4 is 10.1 Å². The Labute approximate surface area is 126 Å². The van der Waals surface area contributed by atoms with Gasteiger partial charge >= 0.3 is 0 Å². The second-order valence-corrected chi connectivity index (χ2v) is 6.03. The zero-order valence-electron chi connectivity index (χ0n) is 11.2. The minimum atomic E-state index is 0.280. The molecule has 1 N–H and O–H groups in total. The van der Waals surface area contributed by atoms with Gasteiger partial charge in [0.15, 0.2) is 0 Å². The van der Waals surface area contributed by atoms with Gasteiger partial charge in [0.25, 0.3) is 0 Å². The third-order valence-corrected chi connectivity index (χ3v) is 4.27. The molecule has 0 saturated heterocycles. The Morgan fingerprint density at radius 2 is 2.21 bits per heavy atom. The highest BCUT2D eigenvalue weighted by Gasteiger charge is 2.16. The average Bonchev–Trinajstić information content (AvgIpc) is 2.91. The molecule has 0 spiro atoms. The molecule has 1 aromatic carbocycles. The van der Waals surface area contributed by atoms with Gasteiger partial charge in [-0.3, -0.25) is 0 Å². The van der Waals surface area contributed by atoms with Crippen LogP contribution in [-0.4, -0.2) is 13.7 Å². The summed E-state index contributed by atoms with van der Waals surface area (Å²) < 4.78 is 6.55. The Bertz CT molecular complexity index is 513. The van der Waals surface area contributed by atoms with E-state index in [2.05, 4.69) is 57.1 Å². The highest BCUT2D eigenvalue weighted by Crippen LogP contribution is 2.30. The fourth-order valence-corrected chi connectivity index (χ4v) is 3.18. The van der Waals surface area contributed by atoms with E-state index in [-0.39, 0.29) is 6.04 Å². The Kier molecular flexibility index (Phi) is 5.43. The molecule has 1 atom stereocenters. The third-order valence-electron chi connectivity index (χ3n) is 3.04. The highest BCUT2D eigenvalue weighted by molar-refractivity contribution is 9.10. The van der Waals surface area contributed by atoms with Crippen LogP contribution in [0.15, 0.2) is 39.5 Å². The molecule has 1 heterocycles. The molecular formula is C15H18BrNOS. The van der Waals surface area contributed by atoms with E-state index in [1.54, 1.807) is 18.4 Å². The van der Waals surface area contributed by atoms with E-state index in [1.807, 2.05) is 6.07 Å². The molecule has 0 aliphatic carbocycles. The van der Waals surface area contributed by atoms with Crippen molar-refractivity contribution in [1.29, 1.82) is 0 Å². The Hall–Kier alpha value is -0.840. The molecule has 2 aromatic rings. The molecule has 0 amide bonds. The van der Waals surface area contributed by atoms with Crippen molar-refractivity contribution in [2.24, 2.45) is 0 Å². The molecule has 19 heavy (non-hydrogen) atoms. The summed E-state index contributed by atoms with van der Waals surface area (Å²) in [6.45, 7) is 3.07. The topological polar surface area (TPSA) is 21.3 Å². The molecule has 0 saturated carbocycles. The van der Waals surface area contributed by atoms with E-state index in [9.17, 15) is 0 Å². The SMILES string of the molecule is CCNC(Cc1ccsc1)c1ccc(Br)cc1OC. The first-order valence-electron chi connectivity index (χ1n) is 6.32. The van der Waals surface area contributed by atoms with Crippen molar-refractivity contribution in [2.75, 3.05) is 13.7 Å². The second kappa shape index (κ2) is 7.08. The van der Waals surface area contributed by atoms with Crippen LogP contribution >= 0.6 is 27.3 Å². The van der Waals surface area contributed by atoms with Crippen LogP contribution in [0.2, 0.25) is 0 Å². The van der Waals surface area contributed by atoms with Gasteiger partial charge in [0.2, 0.25) is 0 Å². The number of likely N-dealkylation sites (N-methyl/N-ethyl adjacent to an activating group) is 1. The van der Waals surface area contributed by atoms with Gasteiger partial charge in [0, 0.05) is 16.1 Å². The fourth-order valence-electron chi connectivity index (χ4n) is 2.16. The molecular weight excluding hydrogens is 322 g/mol. The number of methoxy groups -OCH3 is 1. The van der Waals surface area contributed by atoms with E-state index in [4.69, 9.17) is 4.74 Å². The number of benzene rings is 1. The lowest BCUT2D eigenvalue weighted by Gasteiger charge is -2.20. The van der Waals surface area contributed by atoms with Crippen molar-refractivity contribution in [3.63, 3.8) is 0 Å². The van der Waals surface area contributed by atoms with Crippen LogP contribution in [0.3, 0.4) is 0 Å². The lowest BCUT2D eigenvalue weighted by molar-refractivity contribution is 0.399. The predicted molar refractivity (Wildman–Crippen MR) is 85.1 cm³/mol. The summed E-state index contributed by atoms with van der Waals surface area (Å²) >= 11 is 5.23. The van der Waals surface area contributed by atoms with E-state index in [1.165, 1.54) is 11.1 Å². The van der Waals surface area contributed by atoms with E-state index >= 15 is 0 Å². The van der Waals surface area contributed by atoms with Gasteiger partial charge in [-0.1, -0.05) is 28.9 Å². The molecule has 102 valence electrons. The van der Waals surface area contributed by atoms with Crippen LogP contribution in [0.1, 0.15) is 24.1 Å². The number of hydrogen-bond donors (Lipinski definition) is 1. The summed E-state index contributed by atoms with van der Waals surface area (Å²) in [6.07, 6.45) is 0.981. The predicted octanol–water partition coefficient (Wildman–Crippen LogP) is 4.41. The van der Waals surface area contributed by atoms with Gasteiger partial charge in [-0.2, -0.15) is 11.3 Å². The molecule has 0 aliphatic heterocycles. The largest absolute Gasteiger partial charge is 0.496 e. The Morgan fingerprint density at radius 1 is 1.37 bits per heavy atom. The summed E-state index contributed by atoms with van der Waals surface area (Å²) in [5, 5.41) is 7.87. The van der Waals surface area contributed by atoms with Crippen LogP contribution in [0.4, 0.5) is 0 Å². The number of hydrogen-bond acceptors (Lipinski definition) is 3. The van der Waals surface area contributed by atoms with Crippen molar-refractivity contribution in [3.05, 3.63) is 50.6 Å². The summed E-state index contributed by atoms with van der Waals surface area (Å²) in [7, 11) is 1.72. The van der Waals surface area contributed by atoms with Crippen molar-refractivity contribution in [2.45, 2.75) is 19.4 Å². The molecule has 2 nitrogen and oxygen atoms in total. The van der Waals surface area contributed by atoms with Crippen molar-refractivity contribution in [1.82, 2.24) is 5.32 Å². The first kappa shape index (κ1) is 14.6. The zero-order valence-corrected chi connectivity index (χ0v) is 13.6. The van der Waals surface area contributed by atoms with Crippen LogP contribution in [0.5, 0.6) is 5.75 Å². The lowest BCUT2D eigenvalue weighted by atomic mass is 9.99. The molecule has 0 bridgehead atoms. The van der Waals surface area contributed by atoms with Crippen molar-refractivity contribution >= 4 is 27.3 Å². The number of thiophene rings is 1. The fraction of sp³-hybridized carbons (Fsp3) is 0.333. The maximum atomic E-state index is 5.51. The summed E-state index contributed by atoms with van der Waals surface area (Å²) in [5.74, 6) is 0.926. The molecule has 1 unspecified atom stereocenters.